The van der Waals surface area contributed by atoms with Gasteiger partial charge in [-0.3, -0.25) is 0 Å². The van der Waals surface area contributed by atoms with Gasteiger partial charge in [-0.2, -0.15) is 0 Å². The van der Waals surface area contributed by atoms with Crippen molar-refractivity contribution in [3.05, 3.63) is 12.7 Å². The Morgan fingerprint density at radius 3 is 2.32 bits per heavy atom. The fourth-order valence-corrected chi connectivity index (χ4v) is 9.58. The summed E-state index contributed by atoms with van der Waals surface area (Å²) in [5.74, 6) is 0. The normalized spacial score (nSPS) is 25.2. The smallest absolute Gasteiger partial charge is 0.174 e. The molecule has 0 spiro atoms. The standard InChI is InChI=1S/C16H34OSi2/c1-6-7-8-9-10-11-12-13-16-14-15-18(2,3)19(4,5)17-16/h6,16H,1,7-15H2,2-5H3. The van der Waals surface area contributed by atoms with E-state index >= 15 is 0 Å². The van der Waals surface area contributed by atoms with E-state index in [9.17, 15) is 0 Å². The van der Waals surface area contributed by atoms with E-state index in [2.05, 4.69) is 32.8 Å². The fraction of sp³-hybridized carbons (Fsp3) is 0.875. The molecule has 1 saturated heterocycles. The Hall–Kier alpha value is 0.134. The molecule has 1 aliphatic heterocycles. The third-order valence-electron chi connectivity index (χ3n) is 5.12. The maximum absolute atomic E-state index is 6.52. The Kier molecular flexibility index (Phi) is 7.05. The number of hydrogen-bond donors (Lipinski definition) is 0. The second-order valence-electron chi connectivity index (χ2n) is 7.31. The van der Waals surface area contributed by atoms with Gasteiger partial charge in [-0.25, -0.2) is 0 Å². The Morgan fingerprint density at radius 1 is 1.05 bits per heavy atom. The lowest BCUT2D eigenvalue weighted by Gasteiger charge is -2.45. The van der Waals surface area contributed by atoms with E-state index in [-0.39, 0.29) is 0 Å². The summed E-state index contributed by atoms with van der Waals surface area (Å²) in [7, 11) is -2.36. The van der Waals surface area contributed by atoms with Gasteiger partial charge in [0.05, 0.1) is 7.59 Å². The van der Waals surface area contributed by atoms with Crippen LogP contribution in [0.25, 0.3) is 0 Å². The van der Waals surface area contributed by atoms with Crippen molar-refractivity contribution in [3.63, 3.8) is 0 Å². The molecule has 3 heteroatoms. The van der Waals surface area contributed by atoms with Gasteiger partial charge < -0.3 is 4.43 Å². The van der Waals surface area contributed by atoms with Crippen molar-refractivity contribution in [1.82, 2.24) is 0 Å². The molecule has 0 radical (unpaired) electrons. The molecule has 1 fully saturated rings. The van der Waals surface area contributed by atoms with Gasteiger partial charge in [-0.05, 0) is 38.8 Å². The highest BCUT2D eigenvalue weighted by Crippen LogP contribution is 2.35. The van der Waals surface area contributed by atoms with Crippen LogP contribution in [0.5, 0.6) is 0 Å². The minimum absolute atomic E-state index is 0.593. The van der Waals surface area contributed by atoms with E-state index in [0.29, 0.717) is 6.10 Å². The van der Waals surface area contributed by atoms with Crippen molar-refractivity contribution in [2.24, 2.45) is 0 Å². The maximum Gasteiger partial charge on any atom is 0.174 e. The van der Waals surface area contributed by atoms with Gasteiger partial charge in [0.15, 0.2) is 7.83 Å². The summed E-state index contributed by atoms with van der Waals surface area (Å²) in [4.78, 5) is 0. The van der Waals surface area contributed by atoms with E-state index in [4.69, 9.17) is 4.43 Å². The molecule has 0 aromatic carbocycles. The third-order valence-corrected chi connectivity index (χ3v) is 21.7. The van der Waals surface area contributed by atoms with Crippen LogP contribution in [0.4, 0.5) is 0 Å². The lowest BCUT2D eigenvalue weighted by molar-refractivity contribution is 0.171. The van der Waals surface area contributed by atoms with Gasteiger partial charge in [-0.15, -0.1) is 6.58 Å². The summed E-state index contributed by atoms with van der Waals surface area (Å²) in [6, 6.07) is 1.50. The van der Waals surface area contributed by atoms with Crippen LogP contribution in [0, 0.1) is 0 Å². The minimum atomic E-state index is -1.34. The molecule has 19 heavy (non-hydrogen) atoms. The Bertz CT molecular complexity index is 274. The monoisotopic (exact) mass is 298 g/mol. The molecule has 1 heterocycles. The van der Waals surface area contributed by atoms with E-state index < -0.39 is 15.4 Å². The first kappa shape index (κ1) is 17.2. The molecule has 1 nitrogen and oxygen atoms in total. The number of rotatable bonds is 8. The first-order valence-electron chi connectivity index (χ1n) is 8.18. The average Bonchev–Trinajstić information content (AvgIpc) is 2.32. The molecule has 0 amide bonds. The van der Waals surface area contributed by atoms with Crippen molar-refractivity contribution in [2.45, 2.75) is 89.7 Å². The average molecular weight is 299 g/mol. The molecule has 0 aliphatic carbocycles. The Labute approximate surface area is 122 Å². The minimum Gasteiger partial charge on any atom is -0.417 e. The summed E-state index contributed by atoms with van der Waals surface area (Å²) < 4.78 is 6.52. The third kappa shape index (κ3) is 5.56. The van der Waals surface area contributed by atoms with Crippen molar-refractivity contribution in [3.8, 4) is 0 Å². The van der Waals surface area contributed by atoms with Crippen LogP contribution in [0.2, 0.25) is 32.2 Å². The van der Waals surface area contributed by atoms with Crippen LogP contribution in [0.3, 0.4) is 0 Å². The molecule has 0 N–H and O–H groups in total. The zero-order chi connectivity index (χ0) is 14.4. The zero-order valence-corrected chi connectivity index (χ0v) is 15.6. The quantitative estimate of drug-likeness (QED) is 0.318. The Balaban J connectivity index is 2.13. The van der Waals surface area contributed by atoms with Crippen LogP contribution in [0.1, 0.15) is 51.4 Å². The SMILES string of the molecule is C=CCCCCCCCC1CC[Si](C)(C)[Si](C)(C)O1. The predicted molar refractivity (Wildman–Crippen MR) is 91.8 cm³/mol. The number of hydrogen-bond acceptors (Lipinski definition) is 1. The van der Waals surface area contributed by atoms with Gasteiger partial charge in [0.2, 0.25) is 0 Å². The van der Waals surface area contributed by atoms with Crippen molar-refractivity contribution >= 4 is 15.4 Å². The number of unbranched alkanes of at least 4 members (excludes halogenated alkanes) is 5. The Morgan fingerprint density at radius 2 is 1.68 bits per heavy atom. The summed E-state index contributed by atoms with van der Waals surface area (Å²) in [6.07, 6.45) is 13.3. The molecule has 1 aliphatic rings. The summed E-state index contributed by atoms with van der Waals surface area (Å²) in [5.41, 5.74) is 0. The molecular weight excluding hydrogens is 264 g/mol. The van der Waals surface area contributed by atoms with Crippen LogP contribution < -0.4 is 0 Å². The van der Waals surface area contributed by atoms with Crippen LogP contribution in [-0.2, 0) is 4.43 Å². The highest BCUT2D eigenvalue weighted by molar-refractivity contribution is 7.38. The highest BCUT2D eigenvalue weighted by atomic mass is 29.3. The molecule has 0 aromatic rings. The van der Waals surface area contributed by atoms with Gasteiger partial charge in [0, 0.05) is 6.10 Å². The second kappa shape index (κ2) is 7.79. The summed E-state index contributed by atoms with van der Waals surface area (Å²) >= 11 is 0. The van der Waals surface area contributed by atoms with Crippen molar-refractivity contribution in [1.29, 1.82) is 0 Å². The number of allylic oxidation sites excluding steroid dienone is 1. The van der Waals surface area contributed by atoms with Crippen LogP contribution in [0.15, 0.2) is 12.7 Å². The highest BCUT2D eigenvalue weighted by Gasteiger charge is 2.47. The second-order valence-corrected chi connectivity index (χ2v) is 22.5. The van der Waals surface area contributed by atoms with Gasteiger partial charge >= 0.3 is 0 Å². The molecule has 112 valence electrons. The van der Waals surface area contributed by atoms with E-state index in [1.54, 1.807) is 0 Å². The van der Waals surface area contributed by atoms with Gasteiger partial charge in [-0.1, -0.05) is 50.9 Å². The van der Waals surface area contributed by atoms with Crippen LogP contribution in [-0.4, -0.2) is 21.5 Å². The molecule has 1 rings (SSSR count). The molecule has 0 bridgehead atoms. The first-order valence-corrected chi connectivity index (χ1v) is 15.3. The molecular formula is C16H34OSi2. The molecule has 0 aromatic heterocycles. The zero-order valence-electron chi connectivity index (χ0n) is 13.6. The van der Waals surface area contributed by atoms with Crippen LogP contribution >= 0.6 is 0 Å². The lowest BCUT2D eigenvalue weighted by atomic mass is 10.1. The first-order chi connectivity index (χ1) is 8.89. The van der Waals surface area contributed by atoms with E-state index in [1.165, 1.54) is 57.4 Å². The predicted octanol–water partition coefficient (Wildman–Crippen LogP) is 5.68. The van der Waals surface area contributed by atoms with E-state index in [1.807, 2.05) is 6.08 Å². The van der Waals surface area contributed by atoms with Crippen molar-refractivity contribution in [2.75, 3.05) is 0 Å². The van der Waals surface area contributed by atoms with Gasteiger partial charge in [0.1, 0.15) is 0 Å². The fourth-order valence-electron chi connectivity index (χ4n) is 2.85. The van der Waals surface area contributed by atoms with Crippen molar-refractivity contribution < 1.29 is 4.43 Å². The largest absolute Gasteiger partial charge is 0.417 e. The van der Waals surface area contributed by atoms with Gasteiger partial charge in [0.25, 0.3) is 0 Å². The molecule has 1 unspecified atom stereocenters. The molecule has 0 saturated carbocycles. The van der Waals surface area contributed by atoms with E-state index in [0.717, 1.165) is 0 Å². The topological polar surface area (TPSA) is 9.23 Å². The molecule has 1 atom stereocenters. The maximum atomic E-state index is 6.52. The summed E-state index contributed by atoms with van der Waals surface area (Å²) in [6.45, 7) is 13.8. The lowest BCUT2D eigenvalue weighted by Crippen LogP contribution is -2.61. The summed E-state index contributed by atoms with van der Waals surface area (Å²) in [5, 5.41) is 0.